The number of hydrogen-bond acceptors (Lipinski definition) is 5. The summed E-state index contributed by atoms with van der Waals surface area (Å²) in [6, 6.07) is 15.5. The van der Waals surface area contributed by atoms with Gasteiger partial charge < -0.3 is 18.9 Å². The lowest BCUT2D eigenvalue weighted by atomic mass is 9.96. The lowest BCUT2D eigenvalue weighted by Gasteiger charge is -2.35. The Kier molecular flexibility index (Phi) is 14.8. The van der Waals surface area contributed by atoms with Crippen LogP contribution < -0.4 is 9.47 Å². The van der Waals surface area contributed by atoms with Crippen molar-refractivity contribution in [1.82, 2.24) is 0 Å². The maximum atomic E-state index is 12.9. The van der Waals surface area contributed by atoms with Crippen LogP contribution >= 0.6 is 15.9 Å². The summed E-state index contributed by atoms with van der Waals surface area (Å²) < 4.78 is 24.0. The zero-order valence-corrected chi connectivity index (χ0v) is 25.5. The molecule has 0 N–H and O–H groups in total. The summed E-state index contributed by atoms with van der Waals surface area (Å²) in [4.78, 5) is 12.9. The molecule has 5 nitrogen and oxygen atoms in total. The molecule has 1 aliphatic rings. The van der Waals surface area contributed by atoms with Gasteiger partial charge in [0.25, 0.3) is 0 Å². The minimum atomic E-state index is -0.323. The minimum Gasteiger partial charge on any atom is -0.494 e. The molecule has 0 amide bonds. The number of carbonyl (C=O) groups excluding carboxylic acids is 1. The summed E-state index contributed by atoms with van der Waals surface area (Å²) in [7, 11) is 0. The van der Waals surface area contributed by atoms with Crippen molar-refractivity contribution in [2.45, 2.75) is 109 Å². The number of alkyl halides is 1. The first-order valence-electron chi connectivity index (χ1n) is 15.0. The molecule has 0 aliphatic carbocycles. The van der Waals surface area contributed by atoms with Gasteiger partial charge in [0.1, 0.15) is 23.7 Å². The predicted octanol–water partition coefficient (Wildman–Crippen LogP) is 9.23. The number of esters is 1. The Morgan fingerprint density at radius 1 is 0.769 bits per heavy atom. The Hall–Kier alpha value is -2.05. The van der Waals surface area contributed by atoms with Crippen LogP contribution in [0, 0.1) is 0 Å². The summed E-state index contributed by atoms with van der Waals surface area (Å²) in [6.45, 7) is 5.91. The molecule has 0 saturated carbocycles. The van der Waals surface area contributed by atoms with Crippen LogP contribution in [0.3, 0.4) is 0 Å². The molecule has 1 heterocycles. The second-order valence-electron chi connectivity index (χ2n) is 10.5. The van der Waals surface area contributed by atoms with Crippen molar-refractivity contribution in [2.75, 3.05) is 18.5 Å². The van der Waals surface area contributed by atoms with Crippen LogP contribution in [0.15, 0.2) is 48.5 Å². The van der Waals surface area contributed by atoms with Crippen LogP contribution in [0.1, 0.15) is 113 Å². The summed E-state index contributed by atoms with van der Waals surface area (Å²) in [5, 5.41) is 0.603. The molecule has 0 radical (unpaired) electrons. The van der Waals surface area contributed by atoms with E-state index in [0.29, 0.717) is 17.5 Å². The van der Waals surface area contributed by atoms with Gasteiger partial charge in [0, 0.05) is 5.33 Å². The van der Waals surface area contributed by atoms with Gasteiger partial charge in [0.15, 0.2) is 0 Å². The van der Waals surface area contributed by atoms with E-state index in [1.54, 1.807) is 12.1 Å². The van der Waals surface area contributed by atoms with Crippen molar-refractivity contribution in [3.63, 3.8) is 0 Å². The molecule has 0 unspecified atom stereocenters. The third-order valence-corrected chi connectivity index (χ3v) is 7.89. The quantitative estimate of drug-likeness (QED) is 0.0966. The molecule has 1 saturated heterocycles. The number of unbranched alkanes of at least 4 members (excludes halogenated alkanes) is 8. The average molecular weight is 604 g/mol. The smallest absolute Gasteiger partial charge is 0.338 e. The Morgan fingerprint density at radius 3 is 1.90 bits per heavy atom. The van der Waals surface area contributed by atoms with Crippen molar-refractivity contribution in [1.29, 1.82) is 0 Å². The SMILES string of the molecule is CCCCCCCCOc1ccc(C(=O)O[C@H]2CC[C@@H](c3ccc(OCCCCCC)cc3)O[C@@H]2CBr)cc1. The molecule has 216 valence electrons. The van der Waals surface area contributed by atoms with Crippen molar-refractivity contribution in [2.24, 2.45) is 0 Å². The van der Waals surface area contributed by atoms with Gasteiger partial charge in [-0.3, -0.25) is 0 Å². The molecule has 1 aliphatic heterocycles. The molecule has 1 fully saturated rings. The number of carbonyl (C=O) groups is 1. The summed E-state index contributed by atoms with van der Waals surface area (Å²) in [6.07, 6.45) is 13.2. The lowest BCUT2D eigenvalue weighted by molar-refractivity contribution is -0.113. The fourth-order valence-electron chi connectivity index (χ4n) is 4.85. The van der Waals surface area contributed by atoms with Gasteiger partial charge in [0.2, 0.25) is 0 Å². The lowest BCUT2D eigenvalue weighted by Crippen LogP contribution is -2.40. The van der Waals surface area contributed by atoms with Crippen LogP contribution in [-0.2, 0) is 9.47 Å². The number of halogens is 1. The molecule has 0 bridgehead atoms. The standard InChI is InChI=1S/C33H47BrO5/c1-3-5-7-9-10-12-24-37-29-19-15-27(16-20-29)33(35)39-31-22-21-30(38-32(31)25-34)26-13-17-28(18-14-26)36-23-11-8-6-4-2/h13-20,30-32H,3-12,21-25H2,1-2H3/t30-,31-,32+/m0/s1. The highest BCUT2D eigenvalue weighted by atomic mass is 79.9. The number of benzene rings is 2. The van der Waals surface area contributed by atoms with E-state index in [0.717, 1.165) is 49.4 Å². The van der Waals surface area contributed by atoms with E-state index in [1.165, 1.54) is 51.4 Å². The maximum absolute atomic E-state index is 12.9. The van der Waals surface area contributed by atoms with Crippen molar-refractivity contribution in [3.05, 3.63) is 59.7 Å². The largest absolute Gasteiger partial charge is 0.494 e. The molecule has 2 aromatic carbocycles. The Bertz CT molecular complexity index is 930. The van der Waals surface area contributed by atoms with E-state index in [4.69, 9.17) is 18.9 Å². The van der Waals surface area contributed by atoms with Gasteiger partial charge in [-0.25, -0.2) is 4.79 Å². The Balaban J connectivity index is 1.41. The van der Waals surface area contributed by atoms with Crippen molar-refractivity contribution < 1.29 is 23.7 Å². The molecule has 0 aromatic heterocycles. The van der Waals surface area contributed by atoms with Gasteiger partial charge in [-0.15, -0.1) is 0 Å². The van der Waals surface area contributed by atoms with Crippen LogP contribution in [0.25, 0.3) is 0 Å². The molecule has 0 spiro atoms. The highest BCUT2D eigenvalue weighted by Gasteiger charge is 2.34. The molecule has 3 rings (SSSR count). The highest BCUT2D eigenvalue weighted by Crippen LogP contribution is 2.34. The van der Waals surface area contributed by atoms with E-state index in [2.05, 4.69) is 41.9 Å². The van der Waals surface area contributed by atoms with Crippen LogP contribution in [0.5, 0.6) is 11.5 Å². The van der Waals surface area contributed by atoms with E-state index in [1.807, 2.05) is 24.3 Å². The fourth-order valence-corrected chi connectivity index (χ4v) is 5.42. The topological polar surface area (TPSA) is 54.0 Å². The third kappa shape index (κ3) is 11.2. The van der Waals surface area contributed by atoms with Crippen molar-refractivity contribution >= 4 is 21.9 Å². The van der Waals surface area contributed by atoms with E-state index >= 15 is 0 Å². The van der Waals surface area contributed by atoms with Crippen LogP contribution in [0.2, 0.25) is 0 Å². The zero-order chi connectivity index (χ0) is 27.7. The van der Waals surface area contributed by atoms with Crippen molar-refractivity contribution in [3.8, 4) is 11.5 Å². The van der Waals surface area contributed by atoms with Gasteiger partial charge >= 0.3 is 5.97 Å². The fraction of sp³-hybridized carbons (Fsp3) is 0.606. The second-order valence-corrected chi connectivity index (χ2v) is 11.1. The Labute approximate surface area is 244 Å². The molecular formula is C33H47BrO5. The third-order valence-electron chi connectivity index (χ3n) is 7.25. The number of hydrogen-bond donors (Lipinski definition) is 0. The maximum Gasteiger partial charge on any atom is 0.338 e. The first-order valence-corrected chi connectivity index (χ1v) is 16.1. The van der Waals surface area contributed by atoms with E-state index < -0.39 is 0 Å². The van der Waals surface area contributed by atoms with Crippen LogP contribution in [-0.4, -0.2) is 36.7 Å². The Morgan fingerprint density at radius 2 is 1.31 bits per heavy atom. The summed E-state index contributed by atoms with van der Waals surface area (Å²) in [5.74, 6) is 1.36. The normalized spacial score (nSPS) is 19.0. The zero-order valence-electron chi connectivity index (χ0n) is 23.9. The molecule has 2 aromatic rings. The van der Waals surface area contributed by atoms with Gasteiger partial charge in [0.05, 0.1) is 24.9 Å². The first-order chi connectivity index (χ1) is 19.1. The minimum absolute atomic E-state index is 0.0239. The van der Waals surface area contributed by atoms with Gasteiger partial charge in [-0.1, -0.05) is 93.3 Å². The molecule has 39 heavy (non-hydrogen) atoms. The summed E-state index contributed by atoms with van der Waals surface area (Å²) >= 11 is 3.56. The van der Waals surface area contributed by atoms with E-state index in [9.17, 15) is 4.79 Å². The second kappa shape index (κ2) is 18.3. The van der Waals surface area contributed by atoms with Gasteiger partial charge in [-0.05, 0) is 67.6 Å². The molecule has 3 atom stereocenters. The van der Waals surface area contributed by atoms with Gasteiger partial charge in [-0.2, -0.15) is 0 Å². The molecular weight excluding hydrogens is 556 g/mol. The summed E-state index contributed by atoms with van der Waals surface area (Å²) in [5.41, 5.74) is 1.66. The average Bonchev–Trinajstić information content (AvgIpc) is 2.97. The first kappa shape index (κ1) is 31.5. The number of ether oxygens (including phenoxy) is 4. The highest BCUT2D eigenvalue weighted by molar-refractivity contribution is 9.09. The predicted molar refractivity (Wildman–Crippen MR) is 161 cm³/mol. The molecule has 6 heteroatoms. The number of rotatable bonds is 18. The monoisotopic (exact) mass is 602 g/mol. The van der Waals surface area contributed by atoms with E-state index in [-0.39, 0.29) is 24.3 Å². The van der Waals surface area contributed by atoms with Crippen LogP contribution in [0.4, 0.5) is 0 Å².